The zero-order chi connectivity index (χ0) is 17.6. The first-order valence-corrected chi connectivity index (χ1v) is 8.36. The maximum atomic E-state index is 12.2. The van der Waals surface area contributed by atoms with Crippen LogP contribution < -0.4 is 4.90 Å². The topological polar surface area (TPSA) is 63.4 Å². The second-order valence-electron chi connectivity index (χ2n) is 6.25. The predicted molar refractivity (Wildman–Crippen MR) is 95.5 cm³/mol. The van der Waals surface area contributed by atoms with Crippen LogP contribution >= 0.6 is 11.6 Å². The van der Waals surface area contributed by atoms with E-state index >= 15 is 0 Å². The van der Waals surface area contributed by atoms with Gasteiger partial charge in [-0.05, 0) is 48.9 Å². The van der Waals surface area contributed by atoms with Gasteiger partial charge in [-0.2, -0.15) is 0 Å². The number of rotatable bonds is 3. The summed E-state index contributed by atoms with van der Waals surface area (Å²) in [5.74, 6) is -0.0281. The van der Waals surface area contributed by atoms with Gasteiger partial charge >= 0.3 is 0 Å². The third-order valence-electron chi connectivity index (χ3n) is 4.43. The molecule has 1 amide bonds. The van der Waals surface area contributed by atoms with Crippen LogP contribution in [0.15, 0.2) is 46.9 Å². The maximum absolute atomic E-state index is 12.2. The van der Waals surface area contributed by atoms with E-state index < -0.39 is 11.2 Å². The average Bonchev–Trinajstić information content (AvgIpc) is 3.18. The highest BCUT2D eigenvalue weighted by Crippen LogP contribution is 2.31. The van der Waals surface area contributed by atoms with Gasteiger partial charge in [0.1, 0.15) is 5.52 Å². The second kappa shape index (κ2) is 6.01. The highest BCUT2D eigenvalue weighted by Gasteiger charge is 2.34. The number of anilines is 1. The number of amides is 1. The Hall–Kier alpha value is -2.66. The van der Waals surface area contributed by atoms with E-state index in [1.54, 1.807) is 23.1 Å². The summed E-state index contributed by atoms with van der Waals surface area (Å²) >= 11 is 5.53. The second-order valence-corrected chi connectivity index (χ2v) is 6.62. The highest BCUT2D eigenvalue weighted by molar-refractivity contribution is 6.64. The Morgan fingerprint density at radius 2 is 2.00 bits per heavy atom. The largest absolute Gasteiger partial charge is 0.436 e. The Balaban J connectivity index is 1.68. The van der Waals surface area contributed by atoms with Crippen LogP contribution in [0.3, 0.4) is 0 Å². The molecule has 0 bridgehead atoms. The molecular weight excluding hydrogens is 340 g/mol. The van der Waals surface area contributed by atoms with Crippen molar-refractivity contribution in [1.82, 2.24) is 4.98 Å². The maximum Gasteiger partial charge on any atom is 0.227 e. The number of hydrogen-bond acceptors (Lipinski definition) is 4. The standard InChI is InChI=1S/C19H15ClN2O3/c1-11-2-4-12(5-3-11)19-21-15-9-14(6-7-16(15)25-19)22-10-13(18(20)24)8-17(22)23/h2-7,9,13H,8,10H2,1H3/t13-/m0/s1. The van der Waals surface area contributed by atoms with Gasteiger partial charge in [-0.1, -0.05) is 17.7 Å². The third-order valence-corrected chi connectivity index (χ3v) is 4.74. The van der Waals surface area contributed by atoms with Gasteiger partial charge in [-0.25, -0.2) is 4.98 Å². The fraction of sp³-hybridized carbons (Fsp3) is 0.211. The molecule has 3 aromatic rings. The predicted octanol–water partition coefficient (Wildman–Crippen LogP) is 3.92. The van der Waals surface area contributed by atoms with Crippen LogP contribution in [-0.4, -0.2) is 22.7 Å². The molecule has 0 spiro atoms. The van der Waals surface area contributed by atoms with Gasteiger partial charge in [0.25, 0.3) is 0 Å². The summed E-state index contributed by atoms with van der Waals surface area (Å²) in [7, 11) is 0. The lowest BCUT2D eigenvalue weighted by Gasteiger charge is -2.15. The van der Waals surface area contributed by atoms with E-state index in [2.05, 4.69) is 4.98 Å². The summed E-state index contributed by atoms with van der Waals surface area (Å²) in [6, 6.07) is 13.3. The van der Waals surface area contributed by atoms with Crippen molar-refractivity contribution < 1.29 is 14.0 Å². The Morgan fingerprint density at radius 3 is 2.68 bits per heavy atom. The third kappa shape index (κ3) is 2.91. The number of carbonyl (C=O) groups is 2. The van der Waals surface area contributed by atoms with Crippen molar-refractivity contribution in [2.45, 2.75) is 13.3 Å². The van der Waals surface area contributed by atoms with Crippen molar-refractivity contribution in [3.8, 4) is 11.5 Å². The van der Waals surface area contributed by atoms with Crippen LogP contribution in [0.1, 0.15) is 12.0 Å². The number of carbonyl (C=O) groups excluding carboxylic acids is 2. The van der Waals surface area contributed by atoms with Crippen LogP contribution in [0.4, 0.5) is 5.69 Å². The highest BCUT2D eigenvalue weighted by atomic mass is 35.5. The SMILES string of the molecule is Cc1ccc(-c2nc3cc(N4C[C@@H](C(=O)Cl)CC4=O)ccc3o2)cc1. The van der Waals surface area contributed by atoms with Crippen molar-refractivity contribution in [1.29, 1.82) is 0 Å². The molecule has 4 rings (SSSR count). The lowest BCUT2D eigenvalue weighted by atomic mass is 10.1. The minimum absolute atomic E-state index is 0.111. The Labute approximate surface area is 149 Å². The molecule has 1 atom stereocenters. The number of benzene rings is 2. The number of aryl methyl sites for hydroxylation is 1. The summed E-state index contributed by atoms with van der Waals surface area (Å²) in [6.07, 6.45) is 0.147. The number of halogens is 1. The molecule has 126 valence electrons. The molecule has 1 fully saturated rings. The summed E-state index contributed by atoms with van der Waals surface area (Å²) in [5, 5.41) is -0.472. The molecule has 0 saturated carbocycles. The molecule has 5 nitrogen and oxygen atoms in total. The molecule has 0 unspecified atom stereocenters. The van der Waals surface area contributed by atoms with E-state index in [0.29, 0.717) is 29.2 Å². The van der Waals surface area contributed by atoms with E-state index in [9.17, 15) is 9.59 Å². The number of hydrogen-bond donors (Lipinski definition) is 0. The van der Waals surface area contributed by atoms with Crippen molar-refractivity contribution >= 4 is 39.5 Å². The molecule has 1 aliphatic rings. The Morgan fingerprint density at radius 1 is 1.24 bits per heavy atom. The molecule has 1 aromatic heterocycles. The lowest BCUT2D eigenvalue weighted by molar-refractivity contribution is -0.120. The molecule has 0 aliphatic carbocycles. The average molecular weight is 355 g/mol. The summed E-state index contributed by atoms with van der Waals surface area (Å²) < 4.78 is 5.81. The molecule has 1 saturated heterocycles. The molecule has 6 heteroatoms. The van der Waals surface area contributed by atoms with E-state index in [4.69, 9.17) is 16.0 Å². The van der Waals surface area contributed by atoms with Crippen LogP contribution in [0.2, 0.25) is 0 Å². The van der Waals surface area contributed by atoms with Gasteiger partial charge in [-0.3, -0.25) is 9.59 Å². The van der Waals surface area contributed by atoms with Crippen LogP contribution in [0.5, 0.6) is 0 Å². The monoisotopic (exact) mass is 354 g/mol. The molecule has 0 radical (unpaired) electrons. The van der Waals surface area contributed by atoms with Gasteiger partial charge in [0, 0.05) is 24.2 Å². The molecule has 25 heavy (non-hydrogen) atoms. The van der Waals surface area contributed by atoms with Crippen LogP contribution in [0.25, 0.3) is 22.6 Å². The first-order chi connectivity index (χ1) is 12.0. The number of oxazole rings is 1. The zero-order valence-electron chi connectivity index (χ0n) is 13.5. The molecule has 0 N–H and O–H groups in total. The first kappa shape index (κ1) is 15.8. The van der Waals surface area contributed by atoms with Crippen LogP contribution in [-0.2, 0) is 9.59 Å². The molecule has 2 heterocycles. The Bertz CT molecular complexity index is 978. The molecular formula is C19H15ClN2O3. The fourth-order valence-electron chi connectivity index (χ4n) is 3.01. The molecule has 1 aliphatic heterocycles. The van der Waals surface area contributed by atoms with Gasteiger partial charge in [0.15, 0.2) is 5.58 Å². The lowest BCUT2D eigenvalue weighted by Crippen LogP contribution is -2.25. The normalized spacial score (nSPS) is 17.4. The van der Waals surface area contributed by atoms with Crippen molar-refractivity contribution in [2.24, 2.45) is 5.92 Å². The minimum atomic E-state index is -0.472. The fourth-order valence-corrected chi connectivity index (χ4v) is 3.16. The van der Waals surface area contributed by atoms with E-state index in [1.807, 2.05) is 31.2 Å². The first-order valence-electron chi connectivity index (χ1n) is 7.98. The molecule has 2 aromatic carbocycles. The summed E-state index contributed by atoms with van der Waals surface area (Å²) in [6.45, 7) is 2.32. The van der Waals surface area contributed by atoms with Gasteiger partial charge < -0.3 is 9.32 Å². The van der Waals surface area contributed by atoms with Crippen molar-refractivity contribution in [2.75, 3.05) is 11.4 Å². The van der Waals surface area contributed by atoms with Gasteiger partial charge in [0.2, 0.25) is 17.0 Å². The zero-order valence-corrected chi connectivity index (χ0v) is 14.3. The number of nitrogens with zero attached hydrogens (tertiary/aromatic N) is 2. The number of fused-ring (bicyclic) bond motifs is 1. The summed E-state index contributed by atoms with van der Waals surface area (Å²) in [4.78, 5) is 29.6. The van der Waals surface area contributed by atoms with E-state index in [-0.39, 0.29) is 12.3 Å². The van der Waals surface area contributed by atoms with Gasteiger partial charge in [-0.15, -0.1) is 0 Å². The van der Waals surface area contributed by atoms with Crippen molar-refractivity contribution in [3.63, 3.8) is 0 Å². The Kier molecular flexibility index (Phi) is 3.81. The minimum Gasteiger partial charge on any atom is -0.436 e. The number of aromatic nitrogens is 1. The summed E-state index contributed by atoms with van der Waals surface area (Å²) in [5.41, 5.74) is 4.07. The smallest absolute Gasteiger partial charge is 0.227 e. The van der Waals surface area contributed by atoms with Crippen molar-refractivity contribution in [3.05, 3.63) is 48.0 Å². The van der Waals surface area contributed by atoms with Crippen LogP contribution in [0, 0.1) is 12.8 Å². The van der Waals surface area contributed by atoms with E-state index in [1.165, 1.54) is 0 Å². The quantitative estimate of drug-likeness (QED) is 0.669. The van der Waals surface area contributed by atoms with Gasteiger partial charge in [0.05, 0.1) is 5.92 Å². The van der Waals surface area contributed by atoms with E-state index in [0.717, 1.165) is 11.1 Å².